The maximum atomic E-state index is 5.86. The van der Waals surface area contributed by atoms with Crippen LogP contribution in [0.1, 0.15) is 82.6 Å². The zero-order chi connectivity index (χ0) is 18.6. The van der Waals surface area contributed by atoms with Crippen LogP contribution in [0.4, 0.5) is 0 Å². The van der Waals surface area contributed by atoms with E-state index in [0.29, 0.717) is 6.10 Å². The second kappa shape index (κ2) is 8.99. The molecule has 150 valence electrons. The van der Waals surface area contributed by atoms with E-state index in [1.807, 2.05) is 0 Å². The molecule has 0 aromatic heterocycles. The number of fused-ring (bicyclic) bond motifs is 1. The minimum atomic E-state index is 0.558. The molecule has 4 rings (SSSR count). The molecule has 0 aliphatic heterocycles. The van der Waals surface area contributed by atoms with Crippen LogP contribution in [0.25, 0.3) is 0 Å². The zero-order valence-electron chi connectivity index (χ0n) is 17.4. The lowest BCUT2D eigenvalue weighted by atomic mass is 9.60. The van der Waals surface area contributed by atoms with Crippen LogP contribution in [0.15, 0.2) is 24.3 Å². The first-order valence-electron chi connectivity index (χ1n) is 11.5. The van der Waals surface area contributed by atoms with E-state index in [2.05, 4.69) is 31.2 Å². The maximum absolute atomic E-state index is 5.86. The van der Waals surface area contributed by atoms with E-state index in [-0.39, 0.29) is 0 Å². The predicted molar refractivity (Wildman–Crippen MR) is 111 cm³/mol. The molecule has 1 aromatic carbocycles. The van der Waals surface area contributed by atoms with Gasteiger partial charge in [0.25, 0.3) is 0 Å². The van der Waals surface area contributed by atoms with Crippen LogP contribution in [0.2, 0.25) is 0 Å². The van der Waals surface area contributed by atoms with E-state index in [4.69, 9.17) is 9.47 Å². The van der Waals surface area contributed by atoms with Gasteiger partial charge >= 0.3 is 0 Å². The average molecular weight is 371 g/mol. The van der Waals surface area contributed by atoms with Crippen molar-refractivity contribution in [2.75, 3.05) is 13.7 Å². The molecule has 0 radical (unpaired) electrons. The number of ether oxygens (including phenoxy) is 2. The Hall–Kier alpha value is -1.02. The summed E-state index contributed by atoms with van der Waals surface area (Å²) in [5, 5.41) is 0. The van der Waals surface area contributed by atoms with Gasteiger partial charge in [0.15, 0.2) is 0 Å². The molecule has 0 N–H and O–H groups in total. The Balaban J connectivity index is 1.29. The number of hydrogen-bond donors (Lipinski definition) is 0. The zero-order valence-corrected chi connectivity index (χ0v) is 17.4. The van der Waals surface area contributed by atoms with E-state index in [1.54, 1.807) is 7.11 Å². The van der Waals surface area contributed by atoms with Gasteiger partial charge in [0.1, 0.15) is 5.75 Å². The van der Waals surface area contributed by atoms with Crippen molar-refractivity contribution in [1.82, 2.24) is 0 Å². The molecule has 0 heterocycles. The molecule has 3 saturated carbocycles. The van der Waals surface area contributed by atoms with Gasteiger partial charge in [0.05, 0.1) is 13.2 Å². The third-order valence-electron chi connectivity index (χ3n) is 8.03. The van der Waals surface area contributed by atoms with Crippen molar-refractivity contribution in [1.29, 1.82) is 0 Å². The number of methoxy groups -OCH3 is 1. The van der Waals surface area contributed by atoms with Gasteiger partial charge in [-0.3, -0.25) is 0 Å². The first kappa shape index (κ1) is 19.3. The number of hydrogen-bond acceptors (Lipinski definition) is 2. The summed E-state index contributed by atoms with van der Waals surface area (Å²) in [4.78, 5) is 0. The van der Waals surface area contributed by atoms with E-state index in [0.717, 1.165) is 41.9 Å². The third kappa shape index (κ3) is 4.53. The van der Waals surface area contributed by atoms with Gasteiger partial charge in [0, 0.05) is 6.61 Å². The Morgan fingerprint density at radius 2 is 1.33 bits per heavy atom. The molecule has 0 saturated heterocycles. The molecular weight excluding hydrogens is 332 g/mol. The highest BCUT2D eigenvalue weighted by Crippen LogP contribution is 2.50. The van der Waals surface area contributed by atoms with Crippen LogP contribution < -0.4 is 4.74 Å². The molecule has 3 aliphatic rings. The van der Waals surface area contributed by atoms with Gasteiger partial charge < -0.3 is 9.47 Å². The van der Waals surface area contributed by atoms with Crippen molar-refractivity contribution in [2.45, 2.75) is 83.2 Å². The van der Waals surface area contributed by atoms with Gasteiger partial charge in [-0.2, -0.15) is 0 Å². The van der Waals surface area contributed by atoms with Crippen LogP contribution in [-0.4, -0.2) is 19.8 Å². The molecule has 0 spiro atoms. The molecule has 2 heteroatoms. The summed E-state index contributed by atoms with van der Waals surface area (Å²) in [5.74, 6) is 5.72. The van der Waals surface area contributed by atoms with Crippen molar-refractivity contribution < 1.29 is 9.47 Å². The van der Waals surface area contributed by atoms with Crippen LogP contribution in [0.5, 0.6) is 5.75 Å². The fraction of sp³-hybridized carbons (Fsp3) is 0.760. The molecule has 3 fully saturated rings. The smallest absolute Gasteiger partial charge is 0.118 e. The summed E-state index contributed by atoms with van der Waals surface area (Å²) in [7, 11) is 1.75. The highest BCUT2D eigenvalue weighted by Gasteiger charge is 2.39. The van der Waals surface area contributed by atoms with Crippen LogP contribution in [0, 0.1) is 23.7 Å². The second-order valence-corrected chi connectivity index (χ2v) is 9.37. The largest absolute Gasteiger partial charge is 0.497 e. The lowest BCUT2D eigenvalue weighted by Crippen LogP contribution is -2.35. The molecule has 1 aromatic rings. The quantitative estimate of drug-likeness (QED) is 0.582. The predicted octanol–water partition coefficient (Wildman–Crippen LogP) is 6.59. The highest BCUT2D eigenvalue weighted by atomic mass is 16.5. The van der Waals surface area contributed by atoms with Crippen molar-refractivity contribution in [3.05, 3.63) is 29.8 Å². The lowest BCUT2D eigenvalue weighted by Gasteiger charge is -2.45. The van der Waals surface area contributed by atoms with E-state index < -0.39 is 0 Å². The molecule has 3 aliphatic carbocycles. The first-order chi connectivity index (χ1) is 13.3. The summed E-state index contributed by atoms with van der Waals surface area (Å²) >= 11 is 0. The SMILES string of the molecule is CCOC1CCC(C2CCC3CC(c4ccc(OC)cc4)CCC3C2)CC1. The summed E-state index contributed by atoms with van der Waals surface area (Å²) in [6, 6.07) is 8.87. The second-order valence-electron chi connectivity index (χ2n) is 9.37. The monoisotopic (exact) mass is 370 g/mol. The molecule has 2 nitrogen and oxygen atoms in total. The van der Waals surface area contributed by atoms with Crippen LogP contribution in [-0.2, 0) is 4.74 Å². The Morgan fingerprint density at radius 3 is 2.00 bits per heavy atom. The van der Waals surface area contributed by atoms with Crippen molar-refractivity contribution in [2.24, 2.45) is 23.7 Å². The van der Waals surface area contributed by atoms with Crippen LogP contribution >= 0.6 is 0 Å². The van der Waals surface area contributed by atoms with Crippen molar-refractivity contribution in [3.8, 4) is 5.75 Å². The molecular formula is C25H38O2. The Labute approximate surface area is 166 Å². The van der Waals surface area contributed by atoms with Crippen LogP contribution in [0.3, 0.4) is 0 Å². The molecule has 27 heavy (non-hydrogen) atoms. The minimum absolute atomic E-state index is 0.558. The molecule has 0 amide bonds. The maximum Gasteiger partial charge on any atom is 0.118 e. The number of rotatable bonds is 5. The van der Waals surface area contributed by atoms with Gasteiger partial charge in [-0.05, 0) is 118 Å². The van der Waals surface area contributed by atoms with Crippen molar-refractivity contribution in [3.63, 3.8) is 0 Å². The van der Waals surface area contributed by atoms with E-state index in [9.17, 15) is 0 Å². The fourth-order valence-electron chi connectivity index (χ4n) is 6.49. The average Bonchev–Trinajstić information content (AvgIpc) is 2.74. The first-order valence-corrected chi connectivity index (χ1v) is 11.5. The van der Waals surface area contributed by atoms with Gasteiger partial charge in [-0.25, -0.2) is 0 Å². The standard InChI is InChI=1S/C25H38O2/c1-3-27-25-14-10-19(11-15-25)21-5-7-22-16-20(4-6-23(22)17-21)18-8-12-24(26-2)13-9-18/h8-9,12-13,19-23,25H,3-7,10-11,14-17H2,1-2H3. The summed E-state index contributed by atoms with van der Waals surface area (Å²) < 4.78 is 11.2. The van der Waals surface area contributed by atoms with Gasteiger partial charge in [-0.15, -0.1) is 0 Å². The molecule has 4 unspecified atom stereocenters. The summed E-state index contributed by atoms with van der Waals surface area (Å²) in [6.07, 6.45) is 14.7. The highest BCUT2D eigenvalue weighted by molar-refractivity contribution is 5.29. The minimum Gasteiger partial charge on any atom is -0.497 e. The third-order valence-corrected chi connectivity index (χ3v) is 8.03. The Bertz CT molecular complexity index is 572. The topological polar surface area (TPSA) is 18.5 Å². The van der Waals surface area contributed by atoms with E-state index in [1.165, 1.54) is 69.8 Å². The summed E-state index contributed by atoms with van der Waals surface area (Å²) in [5.41, 5.74) is 1.53. The lowest BCUT2D eigenvalue weighted by molar-refractivity contribution is 0.00583. The Kier molecular flexibility index (Phi) is 6.42. The van der Waals surface area contributed by atoms with Crippen molar-refractivity contribution >= 4 is 0 Å². The van der Waals surface area contributed by atoms with Gasteiger partial charge in [0.2, 0.25) is 0 Å². The fourth-order valence-corrected chi connectivity index (χ4v) is 6.49. The van der Waals surface area contributed by atoms with E-state index >= 15 is 0 Å². The van der Waals surface area contributed by atoms with Gasteiger partial charge in [-0.1, -0.05) is 12.1 Å². The normalized spacial score (nSPS) is 36.8. The summed E-state index contributed by atoms with van der Waals surface area (Å²) in [6.45, 7) is 3.02. The molecule has 4 atom stereocenters. The number of benzene rings is 1. The Morgan fingerprint density at radius 1 is 0.741 bits per heavy atom. The molecule has 0 bridgehead atoms.